The Labute approximate surface area is 177 Å². The van der Waals surface area contributed by atoms with Gasteiger partial charge in [-0.15, -0.1) is 0 Å². The van der Waals surface area contributed by atoms with Crippen molar-refractivity contribution >= 4 is 34.6 Å². The van der Waals surface area contributed by atoms with E-state index in [2.05, 4.69) is 30.9 Å². The molecule has 2 aliphatic rings. The van der Waals surface area contributed by atoms with Crippen LogP contribution in [0, 0.1) is 0 Å². The summed E-state index contributed by atoms with van der Waals surface area (Å²) < 4.78 is 1.84. The van der Waals surface area contributed by atoms with Gasteiger partial charge in [0.1, 0.15) is 22.9 Å². The first-order valence-electron chi connectivity index (χ1n) is 10.5. The van der Waals surface area contributed by atoms with Gasteiger partial charge in [0, 0.05) is 24.5 Å². The smallest absolute Gasteiger partial charge is 0.287 e. The summed E-state index contributed by atoms with van der Waals surface area (Å²) in [7, 11) is 0. The first kappa shape index (κ1) is 19.3. The number of aromatic nitrogens is 4. The number of carbonyl (C=O) groups is 3. The topological polar surface area (TPSA) is 134 Å². The minimum absolute atomic E-state index is 0.137. The molecule has 3 aromatic rings. The second-order valence-electron chi connectivity index (χ2n) is 7.95. The van der Waals surface area contributed by atoms with Crippen molar-refractivity contribution in [1.29, 1.82) is 0 Å². The van der Waals surface area contributed by atoms with Crippen molar-refractivity contribution in [3.8, 4) is 0 Å². The quantitative estimate of drug-likeness (QED) is 0.510. The SMILES string of the molecule is O=C(Nc1cnc(C(=O)NC2CCCC2)[nH]1)c1ccc2cc3n(c2n1)CCCNC3=O. The van der Waals surface area contributed by atoms with Crippen LogP contribution in [-0.4, -0.2) is 49.8 Å². The molecule has 31 heavy (non-hydrogen) atoms. The van der Waals surface area contributed by atoms with Crippen molar-refractivity contribution in [3.05, 3.63) is 41.6 Å². The van der Waals surface area contributed by atoms with Gasteiger partial charge in [0.15, 0.2) is 5.82 Å². The molecular formula is C21H23N7O3. The molecular weight excluding hydrogens is 398 g/mol. The lowest BCUT2D eigenvalue weighted by atomic mass is 10.2. The Balaban J connectivity index is 1.32. The Kier molecular flexibility index (Phi) is 4.89. The van der Waals surface area contributed by atoms with Crippen LogP contribution < -0.4 is 16.0 Å². The number of imidazole rings is 1. The van der Waals surface area contributed by atoms with E-state index in [-0.39, 0.29) is 29.4 Å². The number of amides is 3. The first-order chi connectivity index (χ1) is 15.1. The number of fused-ring (bicyclic) bond motifs is 3. The van der Waals surface area contributed by atoms with Crippen LogP contribution in [0.15, 0.2) is 24.4 Å². The maximum absolute atomic E-state index is 12.7. The second kappa shape index (κ2) is 7.86. The molecule has 10 nitrogen and oxygen atoms in total. The molecule has 0 spiro atoms. The Morgan fingerprint density at radius 1 is 1.13 bits per heavy atom. The summed E-state index contributed by atoms with van der Waals surface area (Å²) in [6.45, 7) is 1.26. The zero-order valence-corrected chi connectivity index (χ0v) is 16.9. The number of nitrogens with one attached hydrogen (secondary N) is 4. The van der Waals surface area contributed by atoms with Crippen molar-refractivity contribution in [1.82, 2.24) is 30.2 Å². The standard InChI is InChI=1S/C21H23N7O3/c29-19(27-16-11-23-17(26-16)21(31)24-13-4-1-2-5-13)14-7-6-12-10-15-20(30)22-8-3-9-28(15)18(12)25-14/h6-7,10-11,13H,1-5,8-9H2,(H,22,30)(H,23,26)(H,24,31)(H,27,29). The molecule has 3 aromatic heterocycles. The Morgan fingerprint density at radius 2 is 1.97 bits per heavy atom. The van der Waals surface area contributed by atoms with Gasteiger partial charge in [0.2, 0.25) is 0 Å². The van der Waals surface area contributed by atoms with Gasteiger partial charge in [-0.3, -0.25) is 14.4 Å². The van der Waals surface area contributed by atoms with Gasteiger partial charge in [-0.2, -0.15) is 0 Å². The highest BCUT2D eigenvalue weighted by molar-refractivity contribution is 6.04. The maximum atomic E-state index is 12.7. The summed E-state index contributed by atoms with van der Waals surface area (Å²) in [5.41, 5.74) is 1.36. The van der Waals surface area contributed by atoms with E-state index in [9.17, 15) is 14.4 Å². The molecule has 0 atom stereocenters. The van der Waals surface area contributed by atoms with E-state index in [1.165, 1.54) is 6.20 Å². The number of carbonyl (C=O) groups excluding carboxylic acids is 3. The van der Waals surface area contributed by atoms with Crippen LogP contribution in [0.1, 0.15) is 63.7 Å². The molecule has 0 saturated heterocycles. The maximum Gasteiger partial charge on any atom is 0.287 e. The molecule has 0 radical (unpaired) electrons. The molecule has 1 fully saturated rings. The summed E-state index contributed by atoms with van der Waals surface area (Å²) in [6.07, 6.45) is 6.41. The Hall–Kier alpha value is -3.69. The average Bonchev–Trinajstić information content (AvgIpc) is 3.49. The highest BCUT2D eigenvalue weighted by Gasteiger charge is 2.22. The molecule has 1 aliphatic carbocycles. The lowest BCUT2D eigenvalue weighted by Gasteiger charge is -2.09. The van der Waals surface area contributed by atoms with E-state index in [0.29, 0.717) is 30.2 Å². The number of hydrogen-bond donors (Lipinski definition) is 4. The number of nitrogens with zero attached hydrogens (tertiary/aromatic N) is 3. The van der Waals surface area contributed by atoms with Crippen LogP contribution in [0.25, 0.3) is 11.0 Å². The highest BCUT2D eigenvalue weighted by atomic mass is 16.2. The zero-order valence-electron chi connectivity index (χ0n) is 16.9. The molecule has 3 amide bonds. The third kappa shape index (κ3) is 3.76. The minimum atomic E-state index is -0.429. The van der Waals surface area contributed by atoms with Crippen LogP contribution in [-0.2, 0) is 6.54 Å². The van der Waals surface area contributed by atoms with Crippen molar-refractivity contribution in [2.45, 2.75) is 44.7 Å². The van der Waals surface area contributed by atoms with Crippen LogP contribution in [0.4, 0.5) is 5.82 Å². The molecule has 5 rings (SSSR count). The molecule has 1 saturated carbocycles. The summed E-state index contributed by atoms with van der Waals surface area (Å²) in [4.78, 5) is 48.7. The average molecular weight is 421 g/mol. The Morgan fingerprint density at radius 3 is 2.81 bits per heavy atom. The van der Waals surface area contributed by atoms with Crippen LogP contribution in [0.3, 0.4) is 0 Å². The summed E-state index contributed by atoms with van der Waals surface area (Å²) in [5, 5.41) is 9.31. The molecule has 0 aromatic carbocycles. The molecule has 1 aliphatic heterocycles. The number of aryl methyl sites for hydroxylation is 1. The number of aromatic amines is 1. The van der Waals surface area contributed by atoms with Gasteiger partial charge in [0.25, 0.3) is 17.7 Å². The van der Waals surface area contributed by atoms with Gasteiger partial charge in [-0.1, -0.05) is 12.8 Å². The van der Waals surface area contributed by atoms with Crippen LogP contribution in [0.5, 0.6) is 0 Å². The number of hydrogen-bond acceptors (Lipinski definition) is 5. The summed E-state index contributed by atoms with van der Waals surface area (Å²) >= 11 is 0. The van der Waals surface area contributed by atoms with E-state index >= 15 is 0 Å². The molecule has 4 N–H and O–H groups in total. The lowest BCUT2D eigenvalue weighted by Crippen LogP contribution is -2.33. The molecule has 160 valence electrons. The lowest BCUT2D eigenvalue weighted by molar-refractivity contribution is 0.0925. The van der Waals surface area contributed by atoms with E-state index in [1.54, 1.807) is 18.2 Å². The summed E-state index contributed by atoms with van der Waals surface area (Å²) in [6, 6.07) is 5.36. The summed E-state index contributed by atoms with van der Waals surface area (Å²) in [5.74, 6) is -0.365. The fourth-order valence-electron chi connectivity index (χ4n) is 4.21. The highest BCUT2D eigenvalue weighted by Crippen LogP contribution is 2.21. The van der Waals surface area contributed by atoms with Crippen molar-refractivity contribution in [2.75, 3.05) is 11.9 Å². The van der Waals surface area contributed by atoms with Gasteiger partial charge in [0.05, 0.1) is 6.20 Å². The van der Waals surface area contributed by atoms with Crippen LogP contribution >= 0.6 is 0 Å². The van der Waals surface area contributed by atoms with Crippen molar-refractivity contribution in [3.63, 3.8) is 0 Å². The predicted molar refractivity (Wildman–Crippen MR) is 113 cm³/mol. The van der Waals surface area contributed by atoms with Gasteiger partial charge in [-0.05, 0) is 37.5 Å². The Bertz CT molecular complexity index is 1170. The number of rotatable bonds is 4. The zero-order chi connectivity index (χ0) is 21.4. The predicted octanol–water partition coefficient (Wildman–Crippen LogP) is 1.82. The first-order valence-corrected chi connectivity index (χ1v) is 10.5. The number of H-pyrrole nitrogens is 1. The molecule has 0 bridgehead atoms. The van der Waals surface area contributed by atoms with Gasteiger partial charge >= 0.3 is 0 Å². The normalized spacial score (nSPS) is 16.6. The third-order valence-corrected chi connectivity index (χ3v) is 5.78. The van der Waals surface area contributed by atoms with Gasteiger partial charge < -0.3 is 25.5 Å². The molecule has 10 heteroatoms. The van der Waals surface area contributed by atoms with Crippen LogP contribution in [0.2, 0.25) is 0 Å². The molecule has 4 heterocycles. The number of pyridine rings is 1. The fourth-order valence-corrected chi connectivity index (χ4v) is 4.21. The van der Waals surface area contributed by atoms with Crippen molar-refractivity contribution in [2.24, 2.45) is 0 Å². The van der Waals surface area contributed by atoms with E-state index in [1.807, 2.05) is 4.57 Å². The molecule has 0 unspecified atom stereocenters. The minimum Gasteiger partial charge on any atom is -0.351 e. The van der Waals surface area contributed by atoms with Crippen molar-refractivity contribution < 1.29 is 14.4 Å². The van der Waals surface area contributed by atoms with E-state index < -0.39 is 5.91 Å². The van der Waals surface area contributed by atoms with Gasteiger partial charge in [-0.25, -0.2) is 9.97 Å². The second-order valence-corrected chi connectivity index (χ2v) is 7.95. The van der Waals surface area contributed by atoms with E-state index in [0.717, 1.165) is 37.5 Å². The third-order valence-electron chi connectivity index (χ3n) is 5.78. The fraction of sp³-hybridized carbons (Fsp3) is 0.381. The monoisotopic (exact) mass is 421 g/mol. The largest absolute Gasteiger partial charge is 0.351 e. The van der Waals surface area contributed by atoms with E-state index in [4.69, 9.17) is 0 Å². The number of anilines is 1.